The van der Waals surface area contributed by atoms with Crippen molar-refractivity contribution in [3.05, 3.63) is 21.4 Å². The minimum atomic E-state index is -0.151. The van der Waals surface area contributed by atoms with Crippen molar-refractivity contribution in [3.8, 4) is 10.6 Å². The molecular formula is C17H25ClN6O2S. The molecule has 148 valence electrons. The summed E-state index contributed by atoms with van der Waals surface area (Å²) in [6, 6.07) is 0.260. The zero-order chi connectivity index (χ0) is 17.9. The molecule has 2 aliphatic heterocycles. The maximum absolute atomic E-state index is 12.9. The smallest absolute Gasteiger partial charge is 0.264 e. The van der Waals surface area contributed by atoms with E-state index in [0.717, 1.165) is 43.9 Å². The normalized spacial score (nSPS) is 20.2. The molecule has 0 radical (unpaired) electrons. The van der Waals surface area contributed by atoms with E-state index in [1.807, 2.05) is 6.92 Å². The maximum atomic E-state index is 12.9. The Kier molecular flexibility index (Phi) is 6.69. The van der Waals surface area contributed by atoms with Gasteiger partial charge < -0.3 is 20.3 Å². The highest BCUT2D eigenvalue weighted by atomic mass is 35.5. The van der Waals surface area contributed by atoms with Crippen LogP contribution < -0.4 is 21.1 Å². The number of aromatic nitrogens is 3. The third-order valence-electron chi connectivity index (χ3n) is 4.69. The molecule has 0 bridgehead atoms. The number of morpholine rings is 1. The van der Waals surface area contributed by atoms with Gasteiger partial charge in [-0.25, -0.2) is 4.98 Å². The van der Waals surface area contributed by atoms with Gasteiger partial charge in [0.1, 0.15) is 16.4 Å². The Bertz CT molecular complexity index is 814. The summed E-state index contributed by atoms with van der Waals surface area (Å²) < 4.78 is 5.41. The van der Waals surface area contributed by atoms with Crippen LogP contribution >= 0.6 is 23.7 Å². The van der Waals surface area contributed by atoms with E-state index in [-0.39, 0.29) is 24.0 Å². The molecule has 0 spiro atoms. The number of halogens is 1. The van der Waals surface area contributed by atoms with Gasteiger partial charge in [0.05, 0.1) is 13.2 Å². The fourth-order valence-electron chi connectivity index (χ4n) is 3.33. The number of ether oxygens (including phenoxy) is 1. The minimum Gasteiger partial charge on any atom is -0.378 e. The lowest BCUT2D eigenvalue weighted by Crippen LogP contribution is -2.40. The van der Waals surface area contributed by atoms with Crippen molar-refractivity contribution in [2.75, 3.05) is 49.6 Å². The lowest BCUT2D eigenvalue weighted by Gasteiger charge is -2.29. The summed E-state index contributed by atoms with van der Waals surface area (Å²) in [5.74, 6) is 1.22. The minimum absolute atomic E-state index is 0. The number of aromatic amines is 1. The number of aryl methyl sites for hydroxylation is 1. The highest BCUT2D eigenvalue weighted by Crippen LogP contribution is 2.29. The molecular weight excluding hydrogens is 388 g/mol. The molecule has 0 saturated carbocycles. The van der Waals surface area contributed by atoms with Crippen molar-refractivity contribution >= 4 is 35.5 Å². The van der Waals surface area contributed by atoms with Crippen LogP contribution in [0, 0.1) is 6.92 Å². The zero-order valence-electron chi connectivity index (χ0n) is 15.3. The number of piperidine rings is 1. The van der Waals surface area contributed by atoms with Gasteiger partial charge in [-0.05, 0) is 26.3 Å². The van der Waals surface area contributed by atoms with Crippen LogP contribution in [0.5, 0.6) is 0 Å². The van der Waals surface area contributed by atoms with Gasteiger partial charge in [-0.3, -0.25) is 9.78 Å². The molecule has 10 heteroatoms. The van der Waals surface area contributed by atoms with E-state index in [9.17, 15) is 4.79 Å². The second kappa shape index (κ2) is 9.01. The van der Waals surface area contributed by atoms with Gasteiger partial charge in [-0.15, -0.1) is 23.7 Å². The van der Waals surface area contributed by atoms with E-state index < -0.39 is 0 Å². The zero-order valence-corrected chi connectivity index (χ0v) is 16.9. The number of rotatable bonds is 4. The van der Waals surface area contributed by atoms with Crippen molar-refractivity contribution in [1.29, 1.82) is 0 Å². The average Bonchev–Trinajstić information content (AvgIpc) is 3.09. The molecule has 4 heterocycles. The van der Waals surface area contributed by atoms with Gasteiger partial charge in [0.25, 0.3) is 5.56 Å². The van der Waals surface area contributed by atoms with E-state index in [1.165, 1.54) is 11.3 Å². The van der Waals surface area contributed by atoms with Crippen molar-refractivity contribution in [2.45, 2.75) is 25.8 Å². The third-order valence-corrected chi connectivity index (χ3v) is 5.62. The Morgan fingerprint density at radius 3 is 2.85 bits per heavy atom. The van der Waals surface area contributed by atoms with E-state index in [4.69, 9.17) is 9.72 Å². The van der Waals surface area contributed by atoms with Gasteiger partial charge in [0.2, 0.25) is 5.95 Å². The van der Waals surface area contributed by atoms with Crippen LogP contribution in [0.25, 0.3) is 10.6 Å². The van der Waals surface area contributed by atoms with Crippen LogP contribution in [0.3, 0.4) is 0 Å². The highest BCUT2D eigenvalue weighted by molar-refractivity contribution is 7.15. The number of thiazole rings is 1. The molecule has 0 aromatic carbocycles. The lowest BCUT2D eigenvalue weighted by atomic mass is 10.1. The molecule has 2 aromatic heterocycles. The number of nitrogens with zero attached hydrogens (tertiary/aromatic N) is 3. The van der Waals surface area contributed by atoms with Crippen molar-refractivity contribution < 1.29 is 4.74 Å². The van der Waals surface area contributed by atoms with Gasteiger partial charge in [0, 0.05) is 36.8 Å². The highest BCUT2D eigenvalue weighted by Gasteiger charge is 2.23. The van der Waals surface area contributed by atoms with E-state index >= 15 is 0 Å². The SMILES string of the molecule is Cc1cnc(-c2c(N[C@@H]3CCCNC3)nc(N3CCOCC3)[nH]c2=O)s1.Cl. The van der Waals surface area contributed by atoms with Crippen molar-refractivity contribution in [3.63, 3.8) is 0 Å². The second-order valence-electron chi connectivity index (χ2n) is 6.68. The number of hydrogen-bond acceptors (Lipinski definition) is 8. The van der Waals surface area contributed by atoms with Crippen molar-refractivity contribution in [2.24, 2.45) is 0 Å². The predicted octanol–water partition coefficient (Wildman–Crippen LogP) is 1.62. The van der Waals surface area contributed by atoms with Crippen LogP contribution in [0.4, 0.5) is 11.8 Å². The molecule has 2 aromatic rings. The van der Waals surface area contributed by atoms with Gasteiger partial charge >= 0.3 is 0 Å². The van der Waals surface area contributed by atoms with Crippen LogP contribution in [0.2, 0.25) is 0 Å². The Hall–Kier alpha value is -1.68. The molecule has 8 nitrogen and oxygen atoms in total. The maximum Gasteiger partial charge on any atom is 0.264 e. The fraction of sp³-hybridized carbons (Fsp3) is 0.588. The second-order valence-corrected chi connectivity index (χ2v) is 7.91. The molecule has 0 unspecified atom stereocenters. The monoisotopic (exact) mass is 412 g/mol. The topological polar surface area (TPSA) is 95.2 Å². The Labute approximate surface area is 168 Å². The van der Waals surface area contributed by atoms with Gasteiger partial charge in [-0.2, -0.15) is 4.98 Å². The number of anilines is 2. The first-order valence-electron chi connectivity index (χ1n) is 9.08. The summed E-state index contributed by atoms with van der Waals surface area (Å²) in [5, 5.41) is 7.59. The summed E-state index contributed by atoms with van der Waals surface area (Å²) in [6.45, 7) is 6.64. The summed E-state index contributed by atoms with van der Waals surface area (Å²) in [6.07, 6.45) is 3.97. The van der Waals surface area contributed by atoms with Crippen LogP contribution in [-0.4, -0.2) is 60.4 Å². The largest absolute Gasteiger partial charge is 0.378 e. The Balaban J connectivity index is 0.00000210. The molecule has 2 fully saturated rings. The third kappa shape index (κ3) is 4.60. The summed E-state index contributed by atoms with van der Waals surface area (Å²) in [7, 11) is 0. The quantitative estimate of drug-likeness (QED) is 0.702. The fourth-order valence-corrected chi connectivity index (χ4v) is 4.14. The molecule has 2 aliphatic rings. The molecule has 0 amide bonds. The van der Waals surface area contributed by atoms with Crippen LogP contribution in [-0.2, 0) is 4.74 Å². The molecule has 1 atom stereocenters. The first-order valence-corrected chi connectivity index (χ1v) is 9.89. The van der Waals surface area contributed by atoms with E-state index in [1.54, 1.807) is 6.20 Å². The molecule has 0 aliphatic carbocycles. The summed E-state index contributed by atoms with van der Waals surface area (Å²) in [5.41, 5.74) is 0.382. The molecule has 3 N–H and O–H groups in total. The van der Waals surface area contributed by atoms with Gasteiger partial charge in [0.15, 0.2) is 0 Å². The average molecular weight is 413 g/mol. The lowest BCUT2D eigenvalue weighted by molar-refractivity contribution is 0.122. The number of hydrogen-bond donors (Lipinski definition) is 3. The molecule has 2 saturated heterocycles. The van der Waals surface area contributed by atoms with Gasteiger partial charge in [-0.1, -0.05) is 0 Å². The van der Waals surface area contributed by atoms with E-state index in [2.05, 4.69) is 25.5 Å². The van der Waals surface area contributed by atoms with E-state index in [0.29, 0.717) is 35.6 Å². The number of H-pyrrole nitrogens is 1. The first kappa shape index (κ1) is 20.1. The van der Waals surface area contributed by atoms with Crippen molar-refractivity contribution in [1.82, 2.24) is 20.3 Å². The first-order chi connectivity index (χ1) is 12.7. The number of nitrogens with one attached hydrogen (secondary N) is 3. The Morgan fingerprint density at radius 2 is 2.19 bits per heavy atom. The summed E-state index contributed by atoms with van der Waals surface area (Å²) >= 11 is 1.51. The predicted molar refractivity (Wildman–Crippen MR) is 110 cm³/mol. The Morgan fingerprint density at radius 1 is 1.37 bits per heavy atom. The van der Waals surface area contributed by atoms with Crippen LogP contribution in [0.1, 0.15) is 17.7 Å². The standard InChI is InChI=1S/C17H24N6O2S.ClH/c1-11-9-19-16(26-11)13-14(20-12-3-2-4-18-10-12)21-17(22-15(13)24)23-5-7-25-8-6-23;/h9,12,18H,2-8,10H2,1H3,(H2,20,21,22,24);1H/t12-;/m1./s1. The van der Waals surface area contributed by atoms with Crippen LogP contribution in [0.15, 0.2) is 11.0 Å². The molecule has 27 heavy (non-hydrogen) atoms. The molecule has 4 rings (SSSR count). The summed E-state index contributed by atoms with van der Waals surface area (Å²) in [4.78, 5) is 28.2.